The van der Waals surface area contributed by atoms with Crippen molar-refractivity contribution in [1.82, 2.24) is 0 Å². The molecule has 0 bridgehead atoms. The number of hydrogen-bond acceptors (Lipinski definition) is 0. The van der Waals surface area contributed by atoms with E-state index < -0.39 is 7.81 Å². The van der Waals surface area contributed by atoms with Gasteiger partial charge >= 0.3 is 54.2 Å². The van der Waals surface area contributed by atoms with Crippen LogP contribution in [0.25, 0.3) is 0 Å². The molecule has 0 saturated carbocycles. The van der Waals surface area contributed by atoms with Crippen molar-refractivity contribution in [2.45, 2.75) is 52.4 Å². The van der Waals surface area contributed by atoms with Gasteiger partial charge in [-0.3, -0.25) is 0 Å². The van der Waals surface area contributed by atoms with Crippen molar-refractivity contribution >= 4 is 7.81 Å². The second-order valence-corrected chi connectivity index (χ2v) is 13.3. The van der Waals surface area contributed by atoms with Crippen molar-refractivity contribution in [2.24, 2.45) is 0 Å². The molecule has 0 atom stereocenters. The molecule has 0 aliphatic heterocycles. The summed E-state index contributed by atoms with van der Waals surface area (Å²) >= 11 is -0.147. The molecule has 2 rings (SSSR count). The Labute approximate surface area is 173 Å². The fraction of sp³-hybridized carbons (Fsp3) is 0.400. The third-order valence-corrected chi connectivity index (χ3v) is 6.61. The quantitative estimate of drug-likeness (QED) is 0.258. The van der Waals surface area contributed by atoms with Gasteiger partial charge in [-0.1, -0.05) is 77.9 Å². The summed E-state index contributed by atoms with van der Waals surface area (Å²) in [6.45, 7) is 13.9. The van der Waals surface area contributed by atoms with Crippen LogP contribution in [0.1, 0.15) is 52.7 Å². The average Bonchev–Trinajstić information content (AvgIpc) is 2.43. The van der Waals surface area contributed by atoms with Gasteiger partial charge in [-0.2, -0.15) is 0 Å². The van der Waals surface area contributed by atoms with Gasteiger partial charge in [0, 0.05) is 11.1 Å². The monoisotopic (exact) mass is 538 g/mol. The Morgan fingerprint density at radius 2 is 0.821 bits per heavy atom. The fourth-order valence-corrected chi connectivity index (χ4v) is 6.37. The van der Waals surface area contributed by atoms with E-state index in [0.717, 1.165) is 0 Å². The first-order valence-corrected chi connectivity index (χ1v) is 12.7. The minimum atomic E-state index is -10.7. The van der Waals surface area contributed by atoms with Crippen LogP contribution in [0.4, 0.5) is 25.2 Å². The predicted molar refractivity (Wildman–Crippen MR) is 101 cm³/mol. The number of halogens is 7. The van der Waals surface area contributed by atoms with Gasteiger partial charge in [-0.25, -0.2) is 0 Å². The normalized spacial score (nSPS) is 15.1. The molecular formula is C20H26F6IP. The van der Waals surface area contributed by atoms with Crippen molar-refractivity contribution in [3.05, 3.63) is 66.8 Å². The van der Waals surface area contributed by atoms with Gasteiger partial charge in [0.1, 0.15) is 0 Å². The summed E-state index contributed by atoms with van der Waals surface area (Å²) in [5.41, 5.74) is 3.43. The topological polar surface area (TPSA) is 0 Å². The molecule has 0 heterocycles. The van der Waals surface area contributed by atoms with E-state index in [4.69, 9.17) is 0 Å². The Hall–Kier alpha value is -0.820. The molecule has 2 aromatic rings. The molecule has 0 aromatic heterocycles. The van der Waals surface area contributed by atoms with Crippen LogP contribution < -0.4 is 21.2 Å². The van der Waals surface area contributed by atoms with Gasteiger partial charge in [-0.05, 0) is 23.0 Å². The second-order valence-electron chi connectivity index (χ2n) is 8.51. The average molecular weight is 538 g/mol. The Balaban J connectivity index is 0.000000480. The zero-order valence-corrected chi connectivity index (χ0v) is 19.8. The van der Waals surface area contributed by atoms with Crippen molar-refractivity contribution in [3.8, 4) is 0 Å². The summed E-state index contributed by atoms with van der Waals surface area (Å²) in [7, 11) is -10.7. The van der Waals surface area contributed by atoms with Gasteiger partial charge < -0.3 is 0 Å². The van der Waals surface area contributed by atoms with E-state index in [-0.39, 0.29) is 32.0 Å². The van der Waals surface area contributed by atoms with E-state index in [1.165, 1.54) is 11.1 Å². The van der Waals surface area contributed by atoms with Crippen LogP contribution in [0, 0.1) is 7.14 Å². The number of hydrogen-bond donors (Lipinski definition) is 0. The summed E-state index contributed by atoms with van der Waals surface area (Å²) in [5.74, 6) is 0. The predicted octanol–water partition coefficient (Wildman–Crippen LogP) is 5.79. The van der Waals surface area contributed by atoms with Gasteiger partial charge in [0.2, 0.25) is 0 Å². The molecule has 2 aromatic carbocycles. The van der Waals surface area contributed by atoms with Crippen LogP contribution >= 0.6 is 7.81 Å². The molecule has 0 amide bonds. The molecule has 160 valence electrons. The van der Waals surface area contributed by atoms with Crippen LogP contribution in [0.3, 0.4) is 0 Å². The van der Waals surface area contributed by atoms with E-state index in [0.29, 0.717) is 0 Å². The second kappa shape index (κ2) is 7.46. The van der Waals surface area contributed by atoms with E-state index in [1.807, 2.05) is 0 Å². The molecule has 0 saturated heterocycles. The molecule has 0 fully saturated rings. The molecule has 28 heavy (non-hydrogen) atoms. The van der Waals surface area contributed by atoms with Gasteiger partial charge in [0.25, 0.3) is 0 Å². The van der Waals surface area contributed by atoms with Crippen molar-refractivity contribution in [2.75, 3.05) is 0 Å². The van der Waals surface area contributed by atoms with Gasteiger partial charge in [0.15, 0.2) is 7.14 Å². The molecule has 0 aliphatic rings. The maximum atomic E-state index is 9.87. The summed E-state index contributed by atoms with van der Waals surface area (Å²) < 4.78 is 62.3. The fourth-order valence-electron chi connectivity index (χ4n) is 2.41. The van der Waals surface area contributed by atoms with Crippen molar-refractivity contribution in [3.63, 3.8) is 0 Å². The SMILES string of the molecule is CC(C)(C)c1ccccc1[I+]c1ccccc1C(C)(C)C.F[P-](F)(F)(F)(F)F. The number of rotatable bonds is 2. The van der Waals surface area contributed by atoms with Crippen LogP contribution in [0.2, 0.25) is 0 Å². The Bertz CT molecular complexity index is 748. The van der Waals surface area contributed by atoms with Gasteiger partial charge in [-0.15, -0.1) is 0 Å². The summed E-state index contributed by atoms with van der Waals surface area (Å²) in [6.07, 6.45) is 0. The zero-order chi connectivity index (χ0) is 22.1. The summed E-state index contributed by atoms with van der Waals surface area (Å²) in [4.78, 5) is 0. The molecule has 0 unspecified atom stereocenters. The maximum absolute atomic E-state index is 10.7. The number of benzene rings is 2. The van der Waals surface area contributed by atoms with Crippen LogP contribution in [0.5, 0.6) is 0 Å². The molecule has 0 radical (unpaired) electrons. The summed E-state index contributed by atoms with van der Waals surface area (Å²) in [5, 5.41) is 0. The van der Waals surface area contributed by atoms with E-state index in [9.17, 15) is 25.2 Å². The van der Waals surface area contributed by atoms with Crippen LogP contribution in [-0.2, 0) is 10.8 Å². The van der Waals surface area contributed by atoms with Gasteiger partial charge in [0.05, 0.1) is 0 Å². The van der Waals surface area contributed by atoms with Crippen molar-refractivity contribution < 1.29 is 46.4 Å². The molecule has 0 spiro atoms. The first-order chi connectivity index (χ1) is 12.1. The Morgan fingerprint density at radius 3 is 1.07 bits per heavy atom. The van der Waals surface area contributed by atoms with Crippen LogP contribution in [0.15, 0.2) is 48.5 Å². The molecule has 0 aliphatic carbocycles. The van der Waals surface area contributed by atoms with E-state index >= 15 is 0 Å². The molecule has 0 nitrogen and oxygen atoms in total. The molecule has 0 N–H and O–H groups in total. The third-order valence-electron chi connectivity index (χ3n) is 3.57. The standard InChI is InChI=1S/C20H26I.F6P/c1-19(2,3)15-11-7-9-13-17(15)21-18-14-10-8-12-16(18)20(4,5)6;1-7(2,3,4,5)6/h7-14H,1-6H3;/q+1;-1. The minimum absolute atomic E-state index is 0.147. The zero-order valence-electron chi connectivity index (χ0n) is 16.7. The van der Waals surface area contributed by atoms with E-state index in [2.05, 4.69) is 90.1 Å². The summed E-state index contributed by atoms with van der Waals surface area (Å²) in [6, 6.07) is 18.0. The Morgan fingerprint density at radius 1 is 0.571 bits per heavy atom. The third kappa shape index (κ3) is 10.6. The van der Waals surface area contributed by atoms with Crippen molar-refractivity contribution in [1.29, 1.82) is 0 Å². The van der Waals surface area contributed by atoms with Crippen LogP contribution in [-0.4, -0.2) is 0 Å². The Kier molecular flexibility index (Phi) is 6.72. The first-order valence-electron chi connectivity index (χ1n) is 8.55. The molecular weight excluding hydrogens is 512 g/mol. The van der Waals surface area contributed by atoms with E-state index in [1.54, 1.807) is 7.14 Å². The molecule has 8 heteroatoms. The first kappa shape index (κ1) is 25.2.